The molecule has 0 fully saturated rings. The lowest BCUT2D eigenvalue weighted by molar-refractivity contribution is -0.140. The van der Waals surface area contributed by atoms with Crippen LogP contribution in [0.25, 0.3) is 0 Å². The van der Waals surface area contributed by atoms with Crippen molar-refractivity contribution in [2.75, 3.05) is 0 Å². The van der Waals surface area contributed by atoms with Gasteiger partial charge in [0.2, 0.25) is 0 Å². The largest absolute Gasteiger partial charge is 0.457 e. The number of benzene rings is 1. The van der Waals surface area contributed by atoms with E-state index in [2.05, 4.69) is 6.58 Å². The molecular weight excluding hydrogens is 341 g/mol. The van der Waals surface area contributed by atoms with Crippen LogP contribution in [-0.4, -0.2) is 5.97 Å². The van der Waals surface area contributed by atoms with Crippen LogP contribution in [0, 0.1) is 0 Å². The Hall–Kier alpha value is -0.120. The fraction of sp³-hybridized carbons (Fsp3) is 0.182. The lowest BCUT2D eigenvalue weighted by Gasteiger charge is -2.12. The number of hydrogen-bond donors (Lipinski definition) is 0. The van der Waals surface area contributed by atoms with Crippen LogP contribution in [0.2, 0.25) is 25.1 Å². The average Bonchev–Trinajstić information content (AvgIpc) is 2.33. The van der Waals surface area contributed by atoms with Gasteiger partial charge in [0, 0.05) is 11.1 Å². The van der Waals surface area contributed by atoms with Crippen LogP contribution in [0.5, 0.6) is 0 Å². The highest BCUT2D eigenvalue weighted by Gasteiger charge is 2.20. The molecule has 2 nitrogen and oxygen atoms in total. The van der Waals surface area contributed by atoms with E-state index in [1.807, 2.05) is 0 Å². The number of ether oxygens (including phenoxy) is 1. The first-order valence-electron chi connectivity index (χ1n) is 4.60. The van der Waals surface area contributed by atoms with Crippen LogP contribution in [-0.2, 0) is 16.1 Å². The average molecular weight is 348 g/mol. The highest BCUT2D eigenvalue weighted by molar-refractivity contribution is 6.55. The van der Waals surface area contributed by atoms with Crippen molar-refractivity contribution in [3.63, 3.8) is 0 Å². The Morgan fingerprint density at radius 1 is 1.00 bits per heavy atom. The van der Waals surface area contributed by atoms with Gasteiger partial charge in [0.05, 0.1) is 25.1 Å². The summed E-state index contributed by atoms with van der Waals surface area (Å²) in [6.45, 7) is 4.80. The summed E-state index contributed by atoms with van der Waals surface area (Å²) in [6.07, 6.45) is 0. The fourth-order valence-corrected chi connectivity index (χ4v) is 2.32. The molecule has 0 unspecified atom stereocenters. The highest BCUT2D eigenvalue weighted by Crippen LogP contribution is 2.44. The van der Waals surface area contributed by atoms with E-state index in [0.717, 1.165) is 0 Å². The summed E-state index contributed by atoms with van der Waals surface area (Å²) in [7, 11) is 0. The first kappa shape index (κ1) is 15.9. The molecule has 0 amide bonds. The molecule has 0 aromatic heterocycles. The van der Waals surface area contributed by atoms with Crippen LogP contribution in [0.1, 0.15) is 12.5 Å². The third kappa shape index (κ3) is 3.25. The number of carbonyl (C=O) groups is 1. The maximum atomic E-state index is 11.3. The normalized spacial score (nSPS) is 10.3. The lowest BCUT2D eigenvalue weighted by atomic mass is 10.2. The minimum Gasteiger partial charge on any atom is -0.457 e. The van der Waals surface area contributed by atoms with Gasteiger partial charge in [0.15, 0.2) is 0 Å². The van der Waals surface area contributed by atoms with E-state index >= 15 is 0 Å². The molecule has 0 N–H and O–H groups in total. The van der Waals surface area contributed by atoms with Crippen molar-refractivity contribution in [3.05, 3.63) is 42.8 Å². The van der Waals surface area contributed by atoms with Gasteiger partial charge < -0.3 is 4.74 Å². The zero-order chi connectivity index (χ0) is 14.0. The Morgan fingerprint density at radius 3 is 1.78 bits per heavy atom. The number of rotatable bonds is 3. The summed E-state index contributed by atoms with van der Waals surface area (Å²) in [5.74, 6) is -0.565. The summed E-state index contributed by atoms with van der Waals surface area (Å²) >= 11 is 29.5. The van der Waals surface area contributed by atoms with E-state index in [9.17, 15) is 4.79 Å². The summed E-state index contributed by atoms with van der Waals surface area (Å²) in [5.41, 5.74) is 0.556. The van der Waals surface area contributed by atoms with Crippen LogP contribution in [0.4, 0.5) is 0 Å². The van der Waals surface area contributed by atoms with Gasteiger partial charge in [0.25, 0.3) is 0 Å². The Bertz CT molecular complexity index is 496. The molecule has 1 aromatic carbocycles. The van der Waals surface area contributed by atoms with Crippen molar-refractivity contribution >= 4 is 64.0 Å². The van der Waals surface area contributed by atoms with E-state index in [1.54, 1.807) is 0 Å². The summed E-state index contributed by atoms with van der Waals surface area (Å²) in [5, 5.41) is 0.391. The Labute approximate surface area is 129 Å². The van der Waals surface area contributed by atoms with Crippen molar-refractivity contribution in [2.24, 2.45) is 0 Å². The van der Waals surface area contributed by atoms with E-state index in [-0.39, 0.29) is 37.3 Å². The molecule has 0 aliphatic rings. The SMILES string of the molecule is C=C(C)C(=O)OCc1c(Cl)c(Cl)c(Cl)c(Cl)c1Cl. The summed E-state index contributed by atoms with van der Waals surface area (Å²) in [4.78, 5) is 11.3. The number of halogens is 5. The van der Waals surface area contributed by atoms with Gasteiger partial charge in [-0.2, -0.15) is 0 Å². The number of carbonyl (C=O) groups excluding carboxylic acids is 1. The van der Waals surface area contributed by atoms with Gasteiger partial charge in [-0.25, -0.2) is 4.79 Å². The molecule has 18 heavy (non-hydrogen) atoms. The van der Waals surface area contributed by atoms with Crippen molar-refractivity contribution in [1.29, 1.82) is 0 Å². The molecule has 98 valence electrons. The molecule has 0 heterocycles. The molecule has 1 aromatic rings. The van der Waals surface area contributed by atoms with Crippen molar-refractivity contribution < 1.29 is 9.53 Å². The lowest BCUT2D eigenvalue weighted by Crippen LogP contribution is -2.06. The van der Waals surface area contributed by atoms with Crippen molar-refractivity contribution in [3.8, 4) is 0 Å². The highest BCUT2D eigenvalue weighted by atomic mass is 35.5. The fourth-order valence-electron chi connectivity index (χ4n) is 1.04. The summed E-state index contributed by atoms with van der Waals surface area (Å²) < 4.78 is 4.93. The second-order valence-corrected chi connectivity index (χ2v) is 5.29. The van der Waals surface area contributed by atoms with Crippen molar-refractivity contribution in [2.45, 2.75) is 13.5 Å². The third-order valence-electron chi connectivity index (χ3n) is 2.00. The van der Waals surface area contributed by atoms with Gasteiger partial charge in [-0.15, -0.1) is 0 Å². The van der Waals surface area contributed by atoms with Gasteiger partial charge in [0.1, 0.15) is 6.61 Å². The smallest absolute Gasteiger partial charge is 0.333 e. The van der Waals surface area contributed by atoms with Crippen molar-refractivity contribution in [1.82, 2.24) is 0 Å². The number of hydrogen-bond acceptors (Lipinski definition) is 2. The summed E-state index contributed by atoms with van der Waals surface area (Å²) in [6, 6.07) is 0. The van der Waals surface area contributed by atoms with E-state index in [0.29, 0.717) is 5.56 Å². The number of esters is 1. The minimum absolute atomic E-state index is 0.0586. The van der Waals surface area contributed by atoms with E-state index in [1.165, 1.54) is 6.92 Å². The molecule has 0 radical (unpaired) electrons. The first-order chi connectivity index (χ1) is 8.27. The van der Waals surface area contributed by atoms with Gasteiger partial charge in [-0.05, 0) is 6.92 Å². The topological polar surface area (TPSA) is 26.3 Å². The Kier molecular flexibility index (Phi) is 5.63. The predicted molar refractivity (Wildman–Crippen MR) is 76.1 cm³/mol. The first-order valence-corrected chi connectivity index (χ1v) is 6.49. The van der Waals surface area contributed by atoms with Crippen LogP contribution < -0.4 is 0 Å². The van der Waals surface area contributed by atoms with E-state index < -0.39 is 5.97 Å². The molecule has 1 rings (SSSR count). The van der Waals surface area contributed by atoms with Crippen LogP contribution >= 0.6 is 58.0 Å². The molecule has 7 heteroatoms. The standard InChI is InChI=1S/C11H7Cl5O2/c1-4(2)11(17)18-3-5-6(12)8(14)10(16)9(15)7(5)13/h1,3H2,2H3. The van der Waals surface area contributed by atoms with Gasteiger partial charge in [-0.3, -0.25) is 0 Å². The second kappa shape index (κ2) is 6.36. The molecule has 0 atom stereocenters. The maximum Gasteiger partial charge on any atom is 0.333 e. The van der Waals surface area contributed by atoms with Gasteiger partial charge in [-0.1, -0.05) is 64.6 Å². The minimum atomic E-state index is -0.565. The molecule has 0 aliphatic heterocycles. The quantitative estimate of drug-likeness (QED) is 0.309. The molecule has 0 saturated carbocycles. The maximum absolute atomic E-state index is 11.3. The van der Waals surface area contributed by atoms with Crippen LogP contribution in [0.3, 0.4) is 0 Å². The van der Waals surface area contributed by atoms with Crippen LogP contribution in [0.15, 0.2) is 12.2 Å². The molecule has 0 aliphatic carbocycles. The second-order valence-electron chi connectivity index (χ2n) is 3.40. The molecule has 0 bridgehead atoms. The zero-order valence-corrected chi connectivity index (χ0v) is 12.9. The Balaban J connectivity index is 3.11. The molecule has 0 saturated heterocycles. The molecular formula is C11H7Cl5O2. The van der Waals surface area contributed by atoms with E-state index in [4.69, 9.17) is 62.7 Å². The Morgan fingerprint density at radius 2 is 1.39 bits per heavy atom. The van der Waals surface area contributed by atoms with Gasteiger partial charge >= 0.3 is 5.97 Å². The predicted octanol–water partition coefficient (Wildman–Crippen LogP) is 5.57. The molecule has 0 spiro atoms. The zero-order valence-electron chi connectivity index (χ0n) is 9.12. The third-order valence-corrected chi connectivity index (χ3v) is 4.35. The monoisotopic (exact) mass is 346 g/mol.